The van der Waals surface area contributed by atoms with Crippen molar-refractivity contribution >= 4 is 18.1 Å². The molecular weight excluding hydrogens is 420 g/mol. The Balaban J connectivity index is 1.30. The lowest BCUT2D eigenvalue weighted by Gasteiger charge is -2.08. The van der Waals surface area contributed by atoms with E-state index in [0.717, 1.165) is 52.2 Å². The Morgan fingerprint density at radius 1 is 1.27 bits per heavy atom. The molecule has 0 spiro atoms. The molecule has 0 saturated carbocycles. The molecular formula is C24H22N6O3. The van der Waals surface area contributed by atoms with Crippen LogP contribution in [0.4, 0.5) is 0 Å². The summed E-state index contributed by atoms with van der Waals surface area (Å²) in [6, 6.07) is 1.97. The second-order valence-electron chi connectivity index (χ2n) is 8.71. The third kappa shape index (κ3) is 3.45. The van der Waals surface area contributed by atoms with E-state index in [0.29, 0.717) is 11.7 Å². The molecule has 2 aliphatic rings. The minimum atomic E-state index is -0.757. The molecule has 33 heavy (non-hydrogen) atoms. The van der Waals surface area contributed by atoms with Crippen LogP contribution >= 0.6 is 0 Å². The molecule has 4 aromatic rings. The van der Waals surface area contributed by atoms with Gasteiger partial charge >= 0.3 is 5.97 Å². The van der Waals surface area contributed by atoms with Crippen molar-refractivity contribution in [2.24, 2.45) is 7.05 Å². The lowest BCUT2D eigenvalue weighted by molar-refractivity contribution is -0.137. The molecule has 0 aliphatic heterocycles. The summed E-state index contributed by atoms with van der Waals surface area (Å²) in [7, 11) is 1.88. The fourth-order valence-corrected chi connectivity index (χ4v) is 4.92. The first kappa shape index (κ1) is 19.7. The highest BCUT2D eigenvalue weighted by Crippen LogP contribution is 2.33. The van der Waals surface area contributed by atoms with Gasteiger partial charge in [0.25, 0.3) is 5.89 Å². The van der Waals surface area contributed by atoms with Gasteiger partial charge in [-0.1, -0.05) is 17.3 Å². The van der Waals surface area contributed by atoms with Crippen LogP contribution < -0.4 is 10.6 Å². The van der Waals surface area contributed by atoms with Crippen LogP contribution in [0.15, 0.2) is 35.4 Å². The Morgan fingerprint density at radius 2 is 2.15 bits per heavy atom. The smallest absolute Gasteiger partial charge is 0.304 e. The van der Waals surface area contributed by atoms with Crippen molar-refractivity contribution in [1.82, 2.24) is 29.9 Å². The Kier molecular flexibility index (Phi) is 4.49. The molecule has 2 atom stereocenters. The summed E-state index contributed by atoms with van der Waals surface area (Å²) < 4.78 is 7.34. The maximum atomic E-state index is 11.2. The van der Waals surface area contributed by atoms with E-state index in [1.807, 2.05) is 19.3 Å². The average Bonchev–Trinajstić information content (AvgIpc) is 3.58. The van der Waals surface area contributed by atoms with Gasteiger partial charge in [0, 0.05) is 59.6 Å². The van der Waals surface area contributed by atoms with Gasteiger partial charge in [0.2, 0.25) is 0 Å². The normalized spacial score (nSPS) is 18.9. The number of nitrogens with zero attached hydrogens (tertiary/aromatic N) is 5. The quantitative estimate of drug-likeness (QED) is 0.485. The number of hydrogen-bond acceptors (Lipinski definition) is 6. The third-order valence-corrected chi connectivity index (χ3v) is 6.52. The minimum absolute atomic E-state index is 0.00267. The Hall–Kier alpha value is -4.01. The zero-order chi connectivity index (χ0) is 22.5. The van der Waals surface area contributed by atoms with Gasteiger partial charge in [0.05, 0.1) is 18.2 Å². The number of nitrogens with one attached hydrogen (secondary N) is 1. The van der Waals surface area contributed by atoms with Gasteiger partial charge in [-0.05, 0) is 36.1 Å². The summed E-state index contributed by atoms with van der Waals surface area (Å²) in [6.07, 6.45) is 14.2. The summed E-state index contributed by atoms with van der Waals surface area (Å²) in [5, 5.41) is 19.9. The van der Waals surface area contributed by atoms with Crippen molar-refractivity contribution in [2.45, 2.75) is 37.5 Å². The van der Waals surface area contributed by atoms with E-state index in [2.05, 4.69) is 37.4 Å². The Bertz CT molecular complexity index is 1490. The number of pyridine rings is 1. The highest BCUT2D eigenvalue weighted by molar-refractivity contribution is 5.69. The second-order valence-corrected chi connectivity index (χ2v) is 8.71. The number of aromatic nitrogens is 6. The Labute approximate surface area is 188 Å². The van der Waals surface area contributed by atoms with Crippen molar-refractivity contribution in [1.29, 1.82) is 0 Å². The van der Waals surface area contributed by atoms with E-state index in [9.17, 15) is 9.90 Å². The molecule has 166 valence electrons. The third-order valence-electron chi connectivity index (χ3n) is 6.52. The summed E-state index contributed by atoms with van der Waals surface area (Å²) in [5.41, 5.74) is 4.96. The highest BCUT2D eigenvalue weighted by Gasteiger charge is 2.29. The Morgan fingerprint density at radius 3 is 2.97 bits per heavy atom. The van der Waals surface area contributed by atoms with E-state index in [1.165, 1.54) is 5.56 Å². The van der Waals surface area contributed by atoms with Gasteiger partial charge in [-0.25, -0.2) is 0 Å². The van der Waals surface area contributed by atoms with Crippen molar-refractivity contribution in [3.05, 3.63) is 58.5 Å². The van der Waals surface area contributed by atoms with Gasteiger partial charge in [-0.2, -0.15) is 10.1 Å². The molecule has 6 rings (SSSR count). The predicted octanol–water partition coefficient (Wildman–Crippen LogP) is 2.11. The summed E-state index contributed by atoms with van der Waals surface area (Å²) in [6.45, 7) is 0. The molecule has 0 aromatic carbocycles. The van der Waals surface area contributed by atoms with Crippen LogP contribution in [0, 0.1) is 0 Å². The molecule has 0 fully saturated rings. The average molecular weight is 442 g/mol. The number of aromatic amines is 1. The van der Waals surface area contributed by atoms with Crippen LogP contribution in [0.3, 0.4) is 0 Å². The molecule has 0 radical (unpaired) electrons. The van der Waals surface area contributed by atoms with Gasteiger partial charge in [0.1, 0.15) is 0 Å². The van der Waals surface area contributed by atoms with Crippen LogP contribution in [0.1, 0.15) is 48.2 Å². The molecule has 0 saturated heterocycles. The maximum Gasteiger partial charge on any atom is 0.304 e. The van der Waals surface area contributed by atoms with Gasteiger partial charge in [-0.3, -0.25) is 14.5 Å². The van der Waals surface area contributed by atoms with E-state index in [-0.39, 0.29) is 18.3 Å². The van der Waals surface area contributed by atoms with E-state index in [1.54, 1.807) is 23.3 Å². The molecule has 4 heterocycles. The van der Waals surface area contributed by atoms with Crippen LogP contribution in [0.25, 0.3) is 34.7 Å². The molecule has 2 aliphatic carbocycles. The van der Waals surface area contributed by atoms with Crippen molar-refractivity contribution in [3.8, 4) is 22.6 Å². The SMILES string of the molecule is Cn1cc(-c2cncc(-c3nc(C4C=c5c6c([nH]c5=CC4)C(CC(=O)O)CC6)no3)c2)cn1. The number of aryl methyl sites for hydroxylation is 1. The number of H-pyrrole nitrogens is 1. The minimum Gasteiger partial charge on any atom is -0.481 e. The van der Waals surface area contributed by atoms with Crippen LogP contribution in [0.2, 0.25) is 0 Å². The number of fused-ring (bicyclic) bond motifs is 3. The second kappa shape index (κ2) is 7.54. The largest absolute Gasteiger partial charge is 0.481 e. The van der Waals surface area contributed by atoms with Gasteiger partial charge < -0.3 is 14.6 Å². The predicted molar refractivity (Wildman–Crippen MR) is 119 cm³/mol. The molecule has 2 unspecified atom stereocenters. The lowest BCUT2D eigenvalue weighted by Crippen LogP contribution is -2.29. The highest BCUT2D eigenvalue weighted by atomic mass is 16.5. The topological polar surface area (TPSA) is 123 Å². The molecule has 4 aromatic heterocycles. The molecule has 9 heteroatoms. The standard InChI is InChI=1S/C24H22N6O3/c1-30-12-17(11-26-30)15-6-16(10-25-9-15)24-28-23(29-33-24)14-3-5-20-19(7-14)18-4-2-13(8-21(31)32)22(18)27-20/h5-7,9-14,27H,2-4,8H2,1H3,(H,31,32). The van der Waals surface area contributed by atoms with E-state index >= 15 is 0 Å². The van der Waals surface area contributed by atoms with E-state index in [4.69, 9.17) is 4.52 Å². The van der Waals surface area contributed by atoms with Gasteiger partial charge in [-0.15, -0.1) is 0 Å². The fourth-order valence-electron chi connectivity index (χ4n) is 4.92. The summed E-state index contributed by atoms with van der Waals surface area (Å²) in [4.78, 5) is 23.7. The van der Waals surface area contributed by atoms with Crippen molar-refractivity contribution in [3.63, 3.8) is 0 Å². The zero-order valence-corrected chi connectivity index (χ0v) is 18.0. The van der Waals surface area contributed by atoms with Crippen LogP contribution in [-0.4, -0.2) is 41.0 Å². The molecule has 0 bridgehead atoms. The van der Waals surface area contributed by atoms with Crippen LogP contribution in [-0.2, 0) is 18.3 Å². The first-order chi connectivity index (χ1) is 16.0. The van der Waals surface area contributed by atoms with E-state index < -0.39 is 5.97 Å². The first-order valence-electron chi connectivity index (χ1n) is 11.0. The number of aliphatic carboxylic acids is 1. The number of carboxylic acid groups (broad SMARTS) is 1. The van der Waals surface area contributed by atoms with Crippen LogP contribution in [0.5, 0.6) is 0 Å². The fraction of sp³-hybridized carbons (Fsp3) is 0.292. The number of carbonyl (C=O) groups is 1. The molecule has 0 amide bonds. The van der Waals surface area contributed by atoms with Crippen molar-refractivity contribution in [2.75, 3.05) is 0 Å². The van der Waals surface area contributed by atoms with Crippen molar-refractivity contribution < 1.29 is 14.4 Å². The number of rotatable bonds is 5. The molecule has 9 nitrogen and oxygen atoms in total. The monoisotopic (exact) mass is 442 g/mol. The first-order valence-corrected chi connectivity index (χ1v) is 11.0. The molecule has 2 N–H and O–H groups in total. The summed E-state index contributed by atoms with van der Waals surface area (Å²) in [5.74, 6) is 0.368. The zero-order valence-electron chi connectivity index (χ0n) is 18.0. The summed E-state index contributed by atoms with van der Waals surface area (Å²) >= 11 is 0. The number of carboxylic acids is 1. The lowest BCUT2D eigenvalue weighted by atomic mass is 9.97. The van der Waals surface area contributed by atoms with Gasteiger partial charge in [0.15, 0.2) is 5.82 Å². The maximum absolute atomic E-state index is 11.2. The number of hydrogen-bond donors (Lipinski definition) is 2.